The van der Waals surface area contributed by atoms with Crippen molar-refractivity contribution in [3.63, 3.8) is 0 Å². The van der Waals surface area contributed by atoms with Gasteiger partial charge in [0.15, 0.2) is 0 Å². The van der Waals surface area contributed by atoms with Crippen molar-refractivity contribution in [2.45, 2.75) is 26.9 Å². The van der Waals surface area contributed by atoms with Gasteiger partial charge in [-0.15, -0.1) is 0 Å². The zero-order valence-electron chi connectivity index (χ0n) is 14.1. The number of hydrogen-bond donors (Lipinski definition) is 0. The summed E-state index contributed by atoms with van der Waals surface area (Å²) < 4.78 is 7.19. The van der Waals surface area contributed by atoms with Crippen molar-refractivity contribution in [2.75, 3.05) is 0 Å². The first-order valence-corrected chi connectivity index (χ1v) is 8.29. The van der Waals surface area contributed by atoms with Crippen molar-refractivity contribution in [3.8, 4) is 5.69 Å². The number of halogens is 1. The zero-order valence-corrected chi connectivity index (χ0v) is 14.8. The number of carbonyl (C=O) groups is 1. The van der Waals surface area contributed by atoms with Gasteiger partial charge in [0.25, 0.3) is 0 Å². The molecule has 0 aliphatic rings. The van der Waals surface area contributed by atoms with Gasteiger partial charge in [-0.05, 0) is 32.0 Å². The van der Waals surface area contributed by atoms with Crippen molar-refractivity contribution in [3.05, 3.63) is 76.3 Å². The van der Waals surface area contributed by atoms with Crippen LogP contribution in [0.15, 0.2) is 48.7 Å². The summed E-state index contributed by atoms with van der Waals surface area (Å²) in [6.45, 7) is 4.03. The van der Waals surface area contributed by atoms with Crippen LogP contribution >= 0.6 is 11.6 Å². The molecule has 0 aliphatic carbocycles. The highest BCUT2D eigenvalue weighted by molar-refractivity contribution is 6.29. The molecule has 25 heavy (non-hydrogen) atoms. The van der Waals surface area contributed by atoms with Gasteiger partial charge >= 0.3 is 5.97 Å². The number of benzene rings is 1. The Balaban J connectivity index is 1.69. The predicted octanol–water partition coefficient (Wildman–Crippen LogP) is 3.82. The van der Waals surface area contributed by atoms with Gasteiger partial charge in [0.2, 0.25) is 0 Å². The predicted molar refractivity (Wildman–Crippen MR) is 95.8 cm³/mol. The van der Waals surface area contributed by atoms with E-state index in [1.54, 1.807) is 18.3 Å². The monoisotopic (exact) mass is 355 g/mol. The maximum atomic E-state index is 12.2. The van der Waals surface area contributed by atoms with Crippen LogP contribution in [0.5, 0.6) is 0 Å². The maximum absolute atomic E-state index is 12.2. The van der Waals surface area contributed by atoms with E-state index in [-0.39, 0.29) is 19.0 Å². The fraction of sp³-hybridized carbons (Fsp3) is 0.211. The van der Waals surface area contributed by atoms with Crippen LogP contribution in [-0.2, 0) is 22.6 Å². The molecule has 3 rings (SSSR count). The molecule has 2 aromatic heterocycles. The van der Waals surface area contributed by atoms with Crippen molar-refractivity contribution in [1.29, 1.82) is 0 Å². The third-order valence-electron chi connectivity index (χ3n) is 3.95. The van der Waals surface area contributed by atoms with Gasteiger partial charge in [-0.1, -0.05) is 35.9 Å². The Bertz CT molecular complexity index is 874. The summed E-state index contributed by atoms with van der Waals surface area (Å²) in [4.78, 5) is 16.2. The minimum atomic E-state index is -0.297. The lowest BCUT2D eigenvalue weighted by atomic mass is 10.1. The van der Waals surface area contributed by atoms with Crippen LogP contribution in [0.3, 0.4) is 0 Å². The summed E-state index contributed by atoms with van der Waals surface area (Å²) in [6, 6.07) is 13.3. The molecule has 3 aromatic rings. The van der Waals surface area contributed by atoms with Crippen LogP contribution in [0, 0.1) is 13.8 Å². The first-order chi connectivity index (χ1) is 12.0. The molecule has 0 fully saturated rings. The van der Waals surface area contributed by atoms with E-state index >= 15 is 0 Å². The number of rotatable bonds is 5. The van der Waals surface area contributed by atoms with E-state index in [9.17, 15) is 4.79 Å². The first kappa shape index (κ1) is 17.2. The van der Waals surface area contributed by atoms with Gasteiger partial charge in [-0.3, -0.25) is 4.79 Å². The van der Waals surface area contributed by atoms with E-state index in [1.807, 2.05) is 48.9 Å². The molecule has 0 radical (unpaired) electrons. The molecule has 0 unspecified atom stereocenters. The smallest absolute Gasteiger partial charge is 0.310 e. The second-order valence-corrected chi connectivity index (χ2v) is 6.11. The van der Waals surface area contributed by atoms with Crippen molar-refractivity contribution < 1.29 is 9.53 Å². The molecule has 0 aliphatic heterocycles. The fourth-order valence-corrected chi connectivity index (χ4v) is 2.71. The number of ether oxygens (including phenoxy) is 1. The van der Waals surface area contributed by atoms with Crippen LogP contribution < -0.4 is 0 Å². The summed E-state index contributed by atoms with van der Waals surface area (Å²) in [6.07, 6.45) is 1.78. The molecule has 6 heteroatoms. The number of aromatic nitrogens is 3. The average Bonchev–Trinajstić information content (AvgIpc) is 2.90. The second-order valence-electron chi connectivity index (χ2n) is 5.72. The van der Waals surface area contributed by atoms with E-state index in [2.05, 4.69) is 10.1 Å². The minimum Gasteiger partial charge on any atom is -0.460 e. The molecule has 0 spiro atoms. The maximum Gasteiger partial charge on any atom is 0.310 e. The third-order valence-corrected chi connectivity index (χ3v) is 4.18. The number of hydrogen-bond acceptors (Lipinski definition) is 4. The topological polar surface area (TPSA) is 57.0 Å². The van der Waals surface area contributed by atoms with Gasteiger partial charge < -0.3 is 4.74 Å². The lowest BCUT2D eigenvalue weighted by molar-refractivity contribution is -0.144. The zero-order chi connectivity index (χ0) is 17.8. The van der Waals surface area contributed by atoms with E-state index in [1.165, 1.54) is 0 Å². The standard InChI is InChI=1S/C19H18ClN3O2/c1-13-17(14(2)23(22-13)16-6-4-3-5-7-16)10-19(24)25-12-15-8-9-18(20)21-11-15/h3-9,11H,10,12H2,1-2H3. The van der Waals surface area contributed by atoms with Crippen LogP contribution in [0.4, 0.5) is 0 Å². The Morgan fingerprint density at radius 3 is 2.60 bits per heavy atom. The van der Waals surface area contributed by atoms with Crippen LogP contribution in [0.2, 0.25) is 5.15 Å². The summed E-state index contributed by atoms with van der Waals surface area (Å²) in [5.74, 6) is -0.297. The van der Waals surface area contributed by atoms with Crippen LogP contribution in [0.1, 0.15) is 22.5 Å². The molecule has 1 aromatic carbocycles. The number of esters is 1. The Kier molecular flexibility index (Phi) is 5.14. The molecule has 128 valence electrons. The van der Waals surface area contributed by atoms with Gasteiger partial charge in [-0.2, -0.15) is 5.10 Å². The van der Waals surface area contributed by atoms with Crippen LogP contribution in [0.25, 0.3) is 5.69 Å². The largest absolute Gasteiger partial charge is 0.460 e. The Morgan fingerprint density at radius 1 is 1.16 bits per heavy atom. The molecule has 2 heterocycles. The summed E-state index contributed by atoms with van der Waals surface area (Å²) in [5, 5.41) is 4.96. The van der Waals surface area contributed by atoms with Gasteiger partial charge in [0, 0.05) is 23.0 Å². The summed E-state index contributed by atoms with van der Waals surface area (Å²) >= 11 is 5.74. The lowest BCUT2D eigenvalue weighted by Crippen LogP contribution is -2.09. The van der Waals surface area contributed by atoms with Crippen LogP contribution in [-0.4, -0.2) is 20.7 Å². The molecular formula is C19H18ClN3O2. The van der Waals surface area contributed by atoms with Crippen molar-refractivity contribution >= 4 is 17.6 Å². The average molecular weight is 356 g/mol. The Hall–Kier alpha value is -2.66. The molecule has 0 saturated heterocycles. The highest BCUT2D eigenvalue weighted by atomic mass is 35.5. The number of carbonyl (C=O) groups excluding carboxylic acids is 1. The number of pyridine rings is 1. The lowest BCUT2D eigenvalue weighted by Gasteiger charge is -2.06. The molecule has 0 atom stereocenters. The molecule has 5 nitrogen and oxygen atoms in total. The SMILES string of the molecule is Cc1nn(-c2ccccc2)c(C)c1CC(=O)OCc1ccc(Cl)nc1. The molecule has 0 amide bonds. The molecule has 0 saturated carbocycles. The van der Waals surface area contributed by atoms with Gasteiger partial charge in [-0.25, -0.2) is 9.67 Å². The third kappa shape index (κ3) is 4.06. The Morgan fingerprint density at radius 2 is 1.92 bits per heavy atom. The van der Waals surface area contributed by atoms with Crippen molar-refractivity contribution in [1.82, 2.24) is 14.8 Å². The quantitative estimate of drug-likeness (QED) is 0.515. The second kappa shape index (κ2) is 7.49. The number of aryl methyl sites for hydroxylation is 1. The van der Waals surface area contributed by atoms with E-state index in [4.69, 9.17) is 16.3 Å². The van der Waals surface area contributed by atoms with Gasteiger partial charge in [0.1, 0.15) is 11.8 Å². The normalized spacial score (nSPS) is 10.7. The fourth-order valence-electron chi connectivity index (χ4n) is 2.60. The van der Waals surface area contributed by atoms with Crippen molar-refractivity contribution in [2.24, 2.45) is 0 Å². The highest BCUT2D eigenvalue weighted by Gasteiger charge is 2.16. The van der Waals surface area contributed by atoms with Gasteiger partial charge in [0.05, 0.1) is 17.8 Å². The highest BCUT2D eigenvalue weighted by Crippen LogP contribution is 2.19. The number of nitrogens with zero attached hydrogens (tertiary/aromatic N) is 3. The van der Waals surface area contributed by atoms with E-state index in [0.717, 1.165) is 28.2 Å². The molecule has 0 N–H and O–H groups in total. The summed E-state index contributed by atoms with van der Waals surface area (Å²) in [7, 11) is 0. The summed E-state index contributed by atoms with van der Waals surface area (Å²) in [5.41, 5.74) is 4.42. The van der Waals surface area contributed by atoms with E-state index in [0.29, 0.717) is 5.15 Å². The molecular weight excluding hydrogens is 338 g/mol. The Labute approximate surface area is 151 Å². The molecule has 0 bridgehead atoms. The minimum absolute atomic E-state index is 0.175. The first-order valence-electron chi connectivity index (χ1n) is 7.91. The number of para-hydroxylation sites is 1. The van der Waals surface area contributed by atoms with E-state index < -0.39 is 0 Å².